The van der Waals surface area contributed by atoms with E-state index in [1.807, 2.05) is 11.8 Å². The zero-order valence-corrected chi connectivity index (χ0v) is 13.3. The quantitative estimate of drug-likeness (QED) is 0.785. The Morgan fingerprint density at radius 1 is 1.14 bits per heavy atom. The molecule has 1 aliphatic heterocycles. The van der Waals surface area contributed by atoms with E-state index in [2.05, 4.69) is 5.32 Å². The van der Waals surface area contributed by atoms with Gasteiger partial charge in [-0.3, -0.25) is 14.9 Å². The van der Waals surface area contributed by atoms with Crippen molar-refractivity contribution in [3.05, 3.63) is 0 Å². The Balaban J connectivity index is 1.87. The number of hydrogen-bond donors (Lipinski definition) is 1. The van der Waals surface area contributed by atoms with Crippen LogP contribution in [0.15, 0.2) is 0 Å². The highest BCUT2D eigenvalue weighted by atomic mass is 16.5. The number of carbonyl (C=O) groups excluding carboxylic acids is 2. The molecule has 0 bridgehead atoms. The van der Waals surface area contributed by atoms with Crippen molar-refractivity contribution in [2.75, 3.05) is 26.7 Å². The minimum Gasteiger partial charge on any atom is -0.468 e. The summed E-state index contributed by atoms with van der Waals surface area (Å²) in [6.07, 6.45) is 7.92. The van der Waals surface area contributed by atoms with Crippen LogP contribution in [-0.4, -0.2) is 49.1 Å². The van der Waals surface area contributed by atoms with Crippen molar-refractivity contribution >= 4 is 11.9 Å². The van der Waals surface area contributed by atoms with Crippen LogP contribution in [0, 0.1) is 5.92 Å². The van der Waals surface area contributed by atoms with Gasteiger partial charge in [-0.2, -0.15) is 0 Å². The molecule has 0 aromatic heterocycles. The van der Waals surface area contributed by atoms with Crippen molar-refractivity contribution in [2.24, 2.45) is 5.92 Å². The maximum Gasteiger partial charge on any atom is 0.326 e. The van der Waals surface area contributed by atoms with Gasteiger partial charge in [0.15, 0.2) is 0 Å². The Labute approximate surface area is 127 Å². The first-order chi connectivity index (χ1) is 10.1. The zero-order valence-electron chi connectivity index (χ0n) is 13.3. The first kappa shape index (κ1) is 16.3. The highest BCUT2D eigenvalue weighted by molar-refractivity contribution is 5.83. The Morgan fingerprint density at radius 3 is 2.24 bits per heavy atom. The third kappa shape index (κ3) is 4.19. The predicted octanol–water partition coefficient (Wildman–Crippen LogP) is 1.71. The lowest BCUT2D eigenvalue weighted by molar-refractivity contribution is -0.149. The van der Waals surface area contributed by atoms with Gasteiger partial charge >= 0.3 is 5.97 Å². The molecule has 0 aromatic rings. The molecule has 21 heavy (non-hydrogen) atoms. The Kier molecular flexibility index (Phi) is 5.62. The molecule has 1 heterocycles. The van der Waals surface area contributed by atoms with Crippen LogP contribution in [0.1, 0.15) is 51.9 Å². The highest BCUT2D eigenvalue weighted by Gasteiger charge is 2.48. The summed E-state index contributed by atoms with van der Waals surface area (Å²) in [6.45, 7) is 3.77. The number of amides is 1. The van der Waals surface area contributed by atoms with Crippen molar-refractivity contribution in [1.82, 2.24) is 10.2 Å². The normalized spacial score (nSPS) is 22.9. The van der Waals surface area contributed by atoms with Crippen LogP contribution in [0.2, 0.25) is 0 Å². The van der Waals surface area contributed by atoms with Gasteiger partial charge in [-0.25, -0.2) is 0 Å². The van der Waals surface area contributed by atoms with Crippen LogP contribution in [0.5, 0.6) is 0 Å². The van der Waals surface area contributed by atoms with Gasteiger partial charge in [0.1, 0.15) is 5.54 Å². The molecule has 2 rings (SSSR count). The van der Waals surface area contributed by atoms with Crippen LogP contribution in [0.4, 0.5) is 0 Å². The molecule has 2 fully saturated rings. The van der Waals surface area contributed by atoms with E-state index >= 15 is 0 Å². The van der Waals surface area contributed by atoms with E-state index < -0.39 is 5.54 Å². The number of ether oxygens (including phenoxy) is 1. The monoisotopic (exact) mass is 296 g/mol. The fraction of sp³-hybridized carbons (Fsp3) is 0.875. The third-order valence-electron chi connectivity index (χ3n) is 4.82. The fourth-order valence-corrected chi connectivity index (χ4v) is 3.12. The van der Waals surface area contributed by atoms with Crippen molar-refractivity contribution in [3.63, 3.8) is 0 Å². The molecule has 5 heteroatoms. The van der Waals surface area contributed by atoms with Crippen molar-refractivity contribution in [2.45, 2.75) is 57.4 Å². The van der Waals surface area contributed by atoms with Gasteiger partial charge in [-0.15, -0.1) is 0 Å². The van der Waals surface area contributed by atoms with Gasteiger partial charge in [0.25, 0.3) is 0 Å². The second kappa shape index (κ2) is 7.25. The lowest BCUT2D eigenvalue weighted by atomic mass is 9.96. The van der Waals surface area contributed by atoms with E-state index in [1.54, 1.807) is 0 Å². The topological polar surface area (TPSA) is 58.6 Å². The molecule has 5 nitrogen and oxygen atoms in total. The standard InChI is InChI=1S/C16H28N2O3/c1-16(13-8-9-13,15(20)21-2)17-12-14(19)18-10-6-4-3-5-7-11-18/h13,17H,3-12H2,1-2H3/t16-/m1/s1. The van der Waals surface area contributed by atoms with Crippen LogP contribution in [0.25, 0.3) is 0 Å². The maximum atomic E-state index is 12.4. The van der Waals surface area contributed by atoms with Crippen LogP contribution >= 0.6 is 0 Å². The molecule has 1 saturated heterocycles. The van der Waals surface area contributed by atoms with Crippen LogP contribution in [0.3, 0.4) is 0 Å². The number of nitrogens with one attached hydrogen (secondary N) is 1. The van der Waals surface area contributed by atoms with E-state index in [9.17, 15) is 9.59 Å². The van der Waals surface area contributed by atoms with Crippen molar-refractivity contribution in [3.8, 4) is 0 Å². The molecular formula is C16H28N2O3. The van der Waals surface area contributed by atoms with Gasteiger partial charge in [-0.05, 0) is 38.5 Å². The minimum atomic E-state index is -0.715. The van der Waals surface area contributed by atoms with Gasteiger partial charge in [0.05, 0.1) is 13.7 Å². The predicted molar refractivity (Wildman–Crippen MR) is 80.8 cm³/mol. The summed E-state index contributed by atoms with van der Waals surface area (Å²) < 4.78 is 4.90. The smallest absolute Gasteiger partial charge is 0.326 e. The molecule has 0 spiro atoms. The van der Waals surface area contributed by atoms with E-state index in [4.69, 9.17) is 4.74 Å². The molecule has 0 radical (unpaired) electrons. The SMILES string of the molecule is COC(=O)[C@](C)(NCC(=O)N1CCCCCCC1)C1CC1. The number of esters is 1. The number of hydrogen-bond acceptors (Lipinski definition) is 4. The summed E-state index contributed by atoms with van der Waals surface area (Å²) in [4.78, 5) is 26.3. The van der Waals surface area contributed by atoms with Gasteiger partial charge in [0, 0.05) is 13.1 Å². The van der Waals surface area contributed by atoms with E-state index in [1.165, 1.54) is 26.4 Å². The summed E-state index contributed by atoms with van der Waals surface area (Å²) >= 11 is 0. The maximum absolute atomic E-state index is 12.4. The van der Waals surface area contributed by atoms with Crippen molar-refractivity contribution < 1.29 is 14.3 Å². The summed E-state index contributed by atoms with van der Waals surface area (Å²) in [5.74, 6) is 0.142. The van der Waals surface area contributed by atoms with Crippen LogP contribution < -0.4 is 5.32 Å². The lowest BCUT2D eigenvalue weighted by Gasteiger charge is -2.30. The van der Waals surface area contributed by atoms with E-state index in [0.717, 1.165) is 38.8 Å². The summed E-state index contributed by atoms with van der Waals surface area (Å²) in [7, 11) is 1.41. The molecule has 0 aromatic carbocycles. The molecule has 1 aliphatic carbocycles. The van der Waals surface area contributed by atoms with Gasteiger partial charge < -0.3 is 9.64 Å². The number of carbonyl (C=O) groups is 2. The summed E-state index contributed by atoms with van der Waals surface area (Å²) in [5, 5.41) is 3.18. The molecule has 120 valence electrons. The highest BCUT2D eigenvalue weighted by Crippen LogP contribution is 2.40. The first-order valence-electron chi connectivity index (χ1n) is 8.19. The third-order valence-corrected chi connectivity index (χ3v) is 4.82. The minimum absolute atomic E-state index is 0.104. The van der Waals surface area contributed by atoms with E-state index in [-0.39, 0.29) is 18.4 Å². The first-order valence-corrected chi connectivity index (χ1v) is 8.19. The second-order valence-corrected chi connectivity index (χ2v) is 6.47. The zero-order chi connectivity index (χ0) is 15.3. The number of rotatable bonds is 5. The average molecular weight is 296 g/mol. The molecule has 1 saturated carbocycles. The average Bonchev–Trinajstić information content (AvgIpc) is 3.28. The number of methoxy groups -OCH3 is 1. The molecule has 1 atom stereocenters. The number of likely N-dealkylation sites (tertiary alicyclic amines) is 1. The Bertz CT molecular complexity index is 374. The fourth-order valence-electron chi connectivity index (χ4n) is 3.12. The molecule has 0 unspecified atom stereocenters. The van der Waals surface area contributed by atoms with Crippen LogP contribution in [-0.2, 0) is 14.3 Å². The number of nitrogens with zero attached hydrogens (tertiary/aromatic N) is 1. The second-order valence-electron chi connectivity index (χ2n) is 6.47. The van der Waals surface area contributed by atoms with Gasteiger partial charge in [-0.1, -0.05) is 19.3 Å². The van der Waals surface area contributed by atoms with Gasteiger partial charge in [0.2, 0.25) is 5.91 Å². The molecule has 1 amide bonds. The lowest BCUT2D eigenvalue weighted by Crippen LogP contribution is -2.55. The van der Waals surface area contributed by atoms with E-state index in [0.29, 0.717) is 5.92 Å². The Hall–Kier alpha value is -1.10. The largest absolute Gasteiger partial charge is 0.468 e. The van der Waals surface area contributed by atoms with Crippen molar-refractivity contribution in [1.29, 1.82) is 0 Å². The summed E-state index contributed by atoms with van der Waals surface area (Å²) in [5.41, 5.74) is -0.715. The molecule has 2 aliphatic rings. The molecular weight excluding hydrogens is 268 g/mol. The molecule has 1 N–H and O–H groups in total. The Morgan fingerprint density at radius 2 is 1.71 bits per heavy atom. The summed E-state index contributed by atoms with van der Waals surface area (Å²) in [6, 6.07) is 0.